The molecule has 1 atom stereocenters. The van der Waals surface area contributed by atoms with Crippen molar-refractivity contribution in [1.82, 2.24) is 9.78 Å². The van der Waals surface area contributed by atoms with E-state index in [0.717, 1.165) is 16.4 Å². The van der Waals surface area contributed by atoms with Crippen molar-refractivity contribution in [2.45, 2.75) is 19.9 Å². The van der Waals surface area contributed by atoms with Gasteiger partial charge in [0.05, 0.1) is 11.7 Å². The number of nitrogens with zero attached hydrogens (tertiary/aromatic N) is 2. The van der Waals surface area contributed by atoms with Gasteiger partial charge in [-0.05, 0) is 38.1 Å². The molecular weight excluding hydrogens is 234 g/mol. The van der Waals surface area contributed by atoms with Crippen LogP contribution in [0.3, 0.4) is 0 Å². The number of aryl methyl sites for hydroxylation is 2. The fraction of sp³-hybridized carbons (Fsp3) is 0.308. The quantitative estimate of drug-likeness (QED) is 0.902. The van der Waals surface area contributed by atoms with Crippen molar-refractivity contribution >= 4 is 17.3 Å². The fourth-order valence-electron chi connectivity index (χ4n) is 1.92. The maximum atomic E-state index is 5.85. The Morgan fingerprint density at radius 3 is 2.47 bits per heavy atom. The topological polar surface area (TPSA) is 29.9 Å². The third-order valence-corrected chi connectivity index (χ3v) is 3.00. The van der Waals surface area contributed by atoms with Gasteiger partial charge in [-0.2, -0.15) is 5.10 Å². The van der Waals surface area contributed by atoms with Crippen molar-refractivity contribution in [2.24, 2.45) is 7.05 Å². The van der Waals surface area contributed by atoms with Crippen molar-refractivity contribution in [3.8, 4) is 0 Å². The maximum Gasteiger partial charge on any atom is 0.0646 e. The summed E-state index contributed by atoms with van der Waals surface area (Å²) in [6.07, 6.45) is 2.04. The number of anilines is 1. The van der Waals surface area contributed by atoms with E-state index in [1.165, 1.54) is 5.56 Å². The molecule has 4 heteroatoms. The molecule has 0 amide bonds. The Labute approximate surface area is 106 Å². The van der Waals surface area contributed by atoms with Gasteiger partial charge in [0.25, 0.3) is 0 Å². The molecule has 0 aliphatic heterocycles. The molecular formula is C13H16ClN3. The zero-order chi connectivity index (χ0) is 12.4. The van der Waals surface area contributed by atoms with Gasteiger partial charge in [0, 0.05) is 29.5 Å². The predicted octanol–water partition coefficient (Wildman–Crippen LogP) is 3.56. The van der Waals surface area contributed by atoms with E-state index in [4.69, 9.17) is 11.6 Å². The molecule has 17 heavy (non-hydrogen) atoms. The minimum atomic E-state index is 0.227. The first-order chi connectivity index (χ1) is 8.06. The lowest BCUT2D eigenvalue weighted by molar-refractivity contribution is 0.756. The Hall–Kier alpha value is -1.48. The molecule has 3 nitrogen and oxygen atoms in total. The summed E-state index contributed by atoms with van der Waals surface area (Å²) in [4.78, 5) is 0. The number of rotatable bonds is 3. The highest BCUT2D eigenvalue weighted by atomic mass is 35.5. The summed E-state index contributed by atoms with van der Waals surface area (Å²) >= 11 is 5.85. The van der Waals surface area contributed by atoms with Crippen LogP contribution in [-0.2, 0) is 7.05 Å². The van der Waals surface area contributed by atoms with Crippen molar-refractivity contribution in [3.05, 3.63) is 46.7 Å². The van der Waals surface area contributed by atoms with Crippen LogP contribution in [0.15, 0.2) is 30.5 Å². The monoisotopic (exact) mass is 249 g/mol. The van der Waals surface area contributed by atoms with Crippen molar-refractivity contribution in [3.63, 3.8) is 0 Å². The van der Waals surface area contributed by atoms with Gasteiger partial charge in [0.15, 0.2) is 0 Å². The van der Waals surface area contributed by atoms with Crippen LogP contribution >= 0.6 is 11.6 Å². The summed E-state index contributed by atoms with van der Waals surface area (Å²) in [6.45, 7) is 4.15. The standard InChI is InChI=1S/C13H16ClN3/c1-9(13-8-17(3)16-10(13)2)15-12-6-4-11(14)5-7-12/h4-9,15H,1-3H3. The molecule has 2 aromatic rings. The summed E-state index contributed by atoms with van der Waals surface area (Å²) in [5, 5.41) is 8.52. The van der Waals surface area contributed by atoms with Crippen molar-refractivity contribution in [1.29, 1.82) is 0 Å². The number of halogens is 1. The normalized spacial score (nSPS) is 12.5. The molecule has 1 unspecified atom stereocenters. The zero-order valence-corrected chi connectivity index (χ0v) is 11.0. The van der Waals surface area contributed by atoms with E-state index in [1.807, 2.05) is 49.1 Å². The SMILES string of the molecule is Cc1nn(C)cc1C(C)Nc1ccc(Cl)cc1. The fourth-order valence-corrected chi connectivity index (χ4v) is 2.04. The second-order valence-electron chi connectivity index (χ2n) is 4.22. The van der Waals surface area contributed by atoms with Crippen LogP contribution < -0.4 is 5.32 Å². The first-order valence-corrected chi connectivity index (χ1v) is 5.96. The first-order valence-electron chi connectivity index (χ1n) is 5.58. The minimum Gasteiger partial charge on any atom is -0.378 e. The summed E-state index contributed by atoms with van der Waals surface area (Å²) in [5.74, 6) is 0. The van der Waals surface area contributed by atoms with Crippen LogP contribution in [0.4, 0.5) is 5.69 Å². The third-order valence-electron chi connectivity index (χ3n) is 2.75. The third kappa shape index (κ3) is 2.80. The number of hydrogen-bond acceptors (Lipinski definition) is 2. The molecule has 0 saturated heterocycles. The number of aromatic nitrogens is 2. The van der Waals surface area contributed by atoms with E-state index in [-0.39, 0.29) is 6.04 Å². The molecule has 0 aliphatic rings. The molecule has 1 aromatic heterocycles. The number of nitrogens with one attached hydrogen (secondary N) is 1. The lowest BCUT2D eigenvalue weighted by atomic mass is 10.1. The molecule has 0 fully saturated rings. The second kappa shape index (κ2) is 4.80. The number of hydrogen-bond donors (Lipinski definition) is 1. The van der Waals surface area contributed by atoms with Gasteiger partial charge in [-0.15, -0.1) is 0 Å². The Bertz CT molecular complexity index is 502. The molecule has 0 saturated carbocycles. The Balaban J connectivity index is 2.14. The van der Waals surface area contributed by atoms with E-state index in [2.05, 4.69) is 17.3 Å². The van der Waals surface area contributed by atoms with E-state index < -0.39 is 0 Å². The molecule has 2 rings (SSSR count). The summed E-state index contributed by atoms with van der Waals surface area (Å²) in [5.41, 5.74) is 3.33. The van der Waals surface area contributed by atoms with Gasteiger partial charge < -0.3 is 5.32 Å². The van der Waals surface area contributed by atoms with Gasteiger partial charge in [-0.3, -0.25) is 4.68 Å². The van der Waals surface area contributed by atoms with Crippen molar-refractivity contribution < 1.29 is 0 Å². The highest BCUT2D eigenvalue weighted by Gasteiger charge is 2.11. The van der Waals surface area contributed by atoms with Gasteiger partial charge >= 0.3 is 0 Å². The lowest BCUT2D eigenvalue weighted by Crippen LogP contribution is -2.06. The van der Waals surface area contributed by atoms with Crippen LogP contribution in [-0.4, -0.2) is 9.78 Å². The van der Waals surface area contributed by atoms with Gasteiger partial charge in [-0.1, -0.05) is 11.6 Å². The van der Waals surface area contributed by atoms with Crippen LogP contribution in [0.1, 0.15) is 24.2 Å². The molecule has 0 spiro atoms. The first kappa shape index (κ1) is 12.0. The van der Waals surface area contributed by atoms with E-state index in [1.54, 1.807) is 0 Å². The van der Waals surface area contributed by atoms with Crippen molar-refractivity contribution in [2.75, 3.05) is 5.32 Å². The number of benzene rings is 1. The summed E-state index contributed by atoms with van der Waals surface area (Å²) in [6, 6.07) is 7.94. The molecule has 0 bridgehead atoms. The van der Waals surface area contributed by atoms with Crippen LogP contribution in [0, 0.1) is 6.92 Å². The van der Waals surface area contributed by atoms with E-state index in [0.29, 0.717) is 0 Å². The summed E-state index contributed by atoms with van der Waals surface area (Å²) in [7, 11) is 1.94. The van der Waals surface area contributed by atoms with E-state index >= 15 is 0 Å². The van der Waals surface area contributed by atoms with Crippen LogP contribution in [0.25, 0.3) is 0 Å². The summed E-state index contributed by atoms with van der Waals surface area (Å²) < 4.78 is 1.84. The Morgan fingerprint density at radius 2 is 1.94 bits per heavy atom. The van der Waals surface area contributed by atoms with Gasteiger partial charge in [-0.25, -0.2) is 0 Å². The molecule has 90 valence electrons. The van der Waals surface area contributed by atoms with Crippen LogP contribution in [0.2, 0.25) is 5.02 Å². The predicted molar refractivity (Wildman–Crippen MR) is 71.4 cm³/mol. The average molecular weight is 250 g/mol. The molecule has 0 radical (unpaired) electrons. The smallest absolute Gasteiger partial charge is 0.0646 e. The Kier molecular flexibility index (Phi) is 3.38. The molecule has 1 aromatic carbocycles. The second-order valence-corrected chi connectivity index (χ2v) is 4.65. The maximum absolute atomic E-state index is 5.85. The molecule has 1 heterocycles. The average Bonchev–Trinajstić information content (AvgIpc) is 2.61. The lowest BCUT2D eigenvalue weighted by Gasteiger charge is -2.14. The highest BCUT2D eigenvalue weighted by molar-refractivity contribution is 6.30. The van der Waals surface area contributed by atoms with Gasteiger partial charge in [0.1, 0.15) is 0 Å². The van der Waals surface area contributed by atoms with Gasteiger partial charge in [0.2, 0.25) is 0 Å². The van der Waals surface area contributed by atoms with E-state index in [9.17, 15) is 0 Å². The highest BCUT2D eigenvalue weighted by Crippen LogP contribution is 2.22. The largest absolute Gasteiger partial charge is 0.378 e. The molecule has 0 aliphatic carbocycles. The molecule has 1 N–H and O–H groups in total. The van der Waals surface area contributed by atoms with Crippen LogP contribution in [0.5, 0.6) is 0 Å². The minimum absolute atomic E-state index is 0.227. The zero-order valence-electron chi connectivity index (χ0n) is 10.2. The Morgan fingerprint density at radius 1 is 1.29 bits per heavy atom.